The van der Waals surface area contributed by atoms with Gasteiger partial charge in [-0.3, -0.25) is 29.4 Å². The molecular weight excluding hydrogens is 1240 g/mol. The molecule has 0 unspecified atom stereocenters. The van der Waals surface area contributed by atoms with Crippen LogP contribution in [0.3, 0.4) is 0 Å². The molecule has 0 aliphatic rings. The summed E-state index contributed by atoms with van der Waals surface area (Å²) in [6, 6.07) is 26.0. The average Bonchev–Trinajstić information content (AvgIpc) is 2.84. The monoisotopic (exact) mass is 1320 g/mol. The minimum Gasteiger partial charge on any atom is -0.479 e. The molecule has 0 radical (unpaired) electrons. The van der Waals surface area contributed by atoms with Crippen molar-refractivity contribution in [1.82, 2.24) is 40.4 Å². The van der Waals surface area contributed by atoms with Gasteiger partial charge in [-0.25, -0.2) is 24.4 Å². The number of halogens is 7. The fraction of sp³-hybridized carbons (Fsp3) is 0.431. The number of nitrogens with two attached hydrogens (primary N) is 4. The Hall–Kier alpha value is -8.52. The van der Waals surface area contributed by atoms with Crippen LogP contribution in [0.15, 0.2) is 110 Å². The van der Waals surface area contributed by atoms with Gasteiger partial charge in [0.15, 0.2) is 17.5 Å². The first-order chi connectivity index (χ1) is 42.0. The predicted molar refractivity (Wildman–Crippen MR) is 322 cm³/mol. The molecule has 0 spiro atoms. The van der Waals surface area contributed by atoms with Gasteiger partial charge in [-0.2, -0.15) is 45.5 Å². The van der Waals surface area contributed by atoms with E-state index in [-0.39, 0.29) is 47.8 Å². The van der Waals surface area contributed by atoms with E-state index in [1.807, 2.05) is 83.2 Å². The van der Waals surface area contributed by atoms with Crippen molar-refractivity contribution in [2.75, 3.05) is 41.3 Å². The van der Waals surface area contributed by atoms with Crippen LogP contribution in [0.4, 0.5) is 26.3 Å². The van der Waals surface area contributed by atoms with Crippen LogP contribution in [0.25, 0.3) is 0 Å². The van der Waals surface area contributed by atoms with Crippen molar-refractivity contribution in [3.05, 3.63) is 155 Å². The van der Waals surface area contributed by atoms with E-state index in [1.165, 1.54) is 41.7 Å². The normalized spacial score (nSPS) is 12.1. The number of aliphatic hydroxyl groups is 2. The van der Waals surface area contributed by atoms with Gasteiger partial charge in [-0.15, -0.1) is 12.4 Å². The molecule has 26 nitrogen and oxygen atoms in total. The quantitative estimate of drug-likeness (QED) is 0.0460. The highest BCUT2D eigenvalue weighted by atomic mass is 35.5. The SMILES string of the molecule is CN[C@@H](C)CCc1cnc(C(F)(F)F)cn1.CN[C@@H](C)CCc1cnc(C(F)(F)F)cn1.C[C@@H](C(N)=O)N(C)Cc1ccccc1.C[C@@H](CN)N(C)Cc1ccccc1.C[C@H](N)C(N)=O.Cl.O=C(O)[C@H](O)CO.O=C(O)c1cccc(C(=O)O)c1.O=C=O.O=C=O. The van der Waals surface area contributed by atoms with Crippen molar-refractivity contribution in [1.29, 1.82) is 0 Å². The number of alkyl halides is 6. The molecule has 5 aromatic rings. The number of carboxylic acid groups (broad SMARTS) is 3. The summed E-state index contributed by atoms with van der Waals surface area (Å²) in [5, 5.41) is 46.8. The number of primary amides is 2. The Bertz CT molecular complexity index is 2720. The number of nitrogens with one attached hydrogen (secondary N) is 2. The molecule has 15 N–H and O–H groups in total. The number of rotatable bonds is 21. The summed E-state index contributed by atoms with van der Waals surface area (Å²) in [6.45, 7) is 11.2. The van der Waals surface area contributed by atoms with E-state index in [4.69, 9.17) is 61.9 Å². The first-order valence-corrected chi connectivity index (χ1v) is 26.7. The number of aliphatic carboxylic acids is 1. The van der Waals surface area contributed by atoms with E-state index >= 15 is 0 Å². The third-order valence-corrected chi connectivity index (χ3v) is 11.6. The van der Waals surface area contributed by atoms with E-state index < -0.39 is 66.3 Å². The lowest BCUT2D eigenvalue weighted by Gasteiger charge is -2.23. The van der Waals surface area contributed by atoms with Crippen molar-refractivity contribution in [2.24, 2.45) is 22.9 Å². The van der Waals surface area contributed by atoms with Crippen LogP contribution in [-0.2, 0) is 71.8 Å². The summed E-state index contributed by atoms with van der Waals surface area (Å²) < 4.78 is 73.1. The number of hydrogen-bond donors (Lipinski definition) is 11. The molecule has 33 heteroatoms. The molecular formula is C58H83ClF6N12O14. The fourth-order valence-corrected chi connectivity index (χ4v) is 5.57. The molecule has 5 rings (SSSR count). The second kappa shape index (κ2) is 52.3. The number of aliphatic hydroxyl groups excluding tert-OH is 2. The molecule has 2 aromatic heterocycles. The summed E-state index contributed by atoms with van der Waals surface area (Å²) >= 11 is 0. The number of aromatic carboxylic acids is 2. The molecule has 2 amide bonds. The summed E-state index contributed by atoms with van der Waals surface area (Å²) in [5.41, 5.74) is 22.2. The Morgan fingerprint density at radius 2 is 0.934 bits per heavy atom. The smallest absolute Gasteiger partial charge is 0.434 e. The first-order valence-electron chi connectivity index (χ1n) is 26.7. The number of carbonyl (C=O) groups excluding carboxylic acids is 6. The maximum atomic E-state index is 12.2. The highest BCUT2D eigenvalue weighted by Gasteiger charge is 2.33. The fourth-order valence-electron chi connectivity index (χ4n) is 5.57. The Labute approximate surface area is 529 Å². The minimum absolute atomic E-state index is 0. The third kappa shape index (κ3) is 48.1. The molecule has 0 saturated heterocycles. The van der Waals surface area contributed by atoms with Gasteiger partial charge in [0.1, 0.15) is 0 Å². The Morgan fingerprint density at radius 3 is 1.16 bits per heavy atom. The number of hydrogen-bond acceptors (Lipinski definition) is 21. The van der Waals surface area contributed by atoms with Gasteiger partial charge in [0, 0.05) is 50.2 Å². The highest BCUT2D eigenvalue weighted by molar-refractivity contribution is 5.93. The molecule has 6 atom stereocenters. The maximum Gasteiger partial charge on any atom is 0.434 e. The molecule has 0 fully saturated rings. The molecule has 2 heterocycles. The predicted octanol–water partition coefficient (Wildman–Crippen LogP) is 4.11. The zero-order valence-corrected chi connectivity index (χ0v) is 52.4. The van der Waals surface area contributed by atoms with Crippen molar-refractivity contribution in [3.8, 4) is 0 Å². The Kier molecular flexibility index (Phi) is 52.4. The molecule has 508 valence electrons. The second-order valence-corrected chi connectivity index (χ2v) is 18.8. The molecule has 91 heavy (non-hydrogen) atoms. The van der Waals surface area contributed by atoms with E-state index in [1.54, 1.807) is 6.92 Å². The minimum atomic E-state index is -4.41. The molecule has 0 aliphatic carbocycles. The largest absolute Gasteiger partial charge is 0.479 e. The summed E-state index contributed by atoms with van der Waals surface area (Å²) in [7, 11) is 7.67. The van der Waals surface area contributed by atoms with E-state index in [0.717, 1.165) is 44.4 Å². The summed E-state index contributed by atoms with van der Waals surface area (Å²) in [5.74, 6) is -4.41. The number of aromatic nitrogens is 4. The number of likely N-dealkylation sites (N-methyl/N-ethyl adjacent to an activating group) is 2. The molecule has 0 saturated carbocycles. The zero-order chi connectivity index (χ0) is 70.2. The number of carboxylic acids is 3. The van der Waals surface area contributed by atoms with Crippen molar-refractivity contribution in [2.45, 2.75) is 122 Å². The van der Waals surface area contributed by atoms with Crippen LogP contribution in [0.1, 0.15) is 102 Å². The van der Waals surface area contributed by atoms with Crippen molar-refractivity contribution >= 4 is 54.4 Å². The number of amides is 2. The van der Waals surface area contributed by atoms with Crippen LogP contribution < -0.4 is 33.6 Å². The second-order valence-electron chi connectivity index (χ2n) is 18.8. The standard InChI is InChI=1S/C11H16N2O.C11H18N2.2C10H14F3N3.C8H6O4.C3H8N2O.C3H6O4.2CO2.ClH/c1-9(11(12)14)13(2)8-10-6-4-3-5-7-10;1-10(8-12)13(2)9-11-6-4-3-5-7-11;2*1-7(14-2)3-4-8-5-16-9(6-15-8)10(11,12)13;9-7(10)5-2-1-3-6(4-5)8(11)12;1-2(4)3(5)6;4-1-2(5)3(6)7;2*2-1-3;/h3-7,9H,8H2,1-2H3,(H2,12,14);3-7,10H,8-9,12H2,1-2H3;2*5-7,14H,3-4H2,1-2H3;1-4H,(H,9,10)(H,11,12);2H,4H2,1H3,(H2,5,6);2,4-5H,1H2,(H,6,7);;;1H/t9-;10-;2*7-;;2*2-;;;/m0000.01.../s1. The van der Waals surface area contributed by atoms with Gasteiger partial charge < -0.3 is 59.1 Å². The summed E-state index contributed by atoms with van der Waals surface area (Å²) in [4.78, 5) is 102. The van der Waals surface area contributed by atoms with Crippen LogP contribution in [0.2, 0.25) is 0 Å². The van der Waals surface area contributed by atoms with E-state index in [0.29, 0.717) is 48.9 Å². The van der Waals surface area contributed by atoms with Gasteiger partial charge in [0.2, 0.25) is 11.8 Å². The van der Waals surface area contributed by atoms with Crippen molar-refractivity contribution in [3.63, 3.8) is 0 Å². The lowest BCUT2D eigenvalue weighted by atomic mass is 10.1. The molecule has 0 bridgehead atoms. The van der Waals surface area contributed by atoms with Crippen LogP contribution in [-0.4, -0.2) is 175 Å². The van der Waals surface area contributed by atoms with Crippen molar-refractivity contribution < 1.29 is 95.0 Å². The van der Waals surface area contributed by atoms with E-state index in [2.05, 4.69) is 79.4 Å². The Morgan fingerprint density at radius 1 is 0.593 bits per heavy atom. The van der Waals surface area contributed by atoms with Crippen LogP contribution >= 0.6 is 12.4 Å². The molecule has 3 aromatic carbocycles. The lowest BCUT2D eigenvalue weighted by molar-refractivity contribution is -0.193. The number of nitrogens with zero attached hydrogens (tertiary/aromatic N) is 6. The first kappa shape index (κ1) is 91.2. The average molecular weight is 1320 g/mol. The maximum absolute atomic E-state index is 12.2. The zero-order valence-electron chi connectivity index (χ0n) is 51.6. The lowest BCUT2D eigenvalue weighted by Crippen LogP contribution is -2.39. The van der Waals surface area contributed by atoms with E-state index in [9.17, 15) is 50.3 Å². The highest BCUT2D eigenvalue weighted by Crippen LogP contribution is 2.27. The number of carbonyl (C=O) groups is 5. The third-order valence-electron chi connectivity index (χ3n) is 11.6. The topological polar surface area (TPSA) is 441 Å². The van der Waals surface area contributed by atoms with Crippen LogP contribution in [0.5, 0.6) is 0 Å². The molecule has 0 aliphatic heterocycles. The van der Waals surface area contributed by atoms with Gasteiger partial charge in [-0.1, -0.05) is 66.7 Å². The van der Waals surface area contributed by atoms with Gasteiger partial charge in [0.25, 0.3) is 0 Å². The van der Waals surface area contributed by atoms with Gasteiger partial charge >= 0.3 is 42.6 Å². The van der Waals surface area contributed by atoms with Gasteiger partial charge in [-0.05, 0) is 118 Å². The van der Waals surface area contributed by atoms with Crippen LogP contribution in [0, 0.1) is 0 Å². The number of benzene rings is 3. The summed E-state index contributed by atoms with van der Waals surface area (Å²) in [6.07, 6.45) is -3.16. The van der Waals surface area contributed by atoms with Gasteiger partial charge in [0.05, 0.1) is 53.6 Å². The Balaban J connectivity index is -0.000000316. The number of aryl methyl sites for hydroxylation is 2.